The number of esters is 1. The monoisotopic (exact) mass is 513 g/mol. The molecule has 2 aliphatic rings. The van der Waals surface area contributed by atoms with E-state index in [1.807, 2.05) is 25.1 Å². The van der Waals surface area contributed by atoms with Crippen molar-refractivity contribution in [1.82, 2.24) is 9.80 Å². The molecular weight excluding hydrogens is 474 g/mol. The van der Waals surface area contributed by atoms with Gasteiger partial charge in [-0.15, -0.1) is 0 Å². The Morgan fingerprint density at radius 3 is 2.39 bits per heavy atom. The zero-order valence-corrected chi connectivity index (χ0v) is 22.6. The predicted molar refractivity (Wildman–Crippen MR) is 152 cm³/mol. The molecule has 2 saturated heterocycles. The smallest absolute Gasteiger partial charge is 0.328 e. The number of amides is 1. The summed E-state index contributed by atoms with van der Waals surface area (Å²) in [6.45, 7) is 7.18. The van der Waals surface area contributed by atoms with E-state index >= 15 is 0 Å². The summed E-state index contributed by atoms with van der Waals surface area (Å²) in [5, 5.41) is 2.55. The molecule has 2 fully saturated rings. The van der Waals surface area contributed by atoms with Crippen LogP contribution in [0.2, 0.25) is 0 Å². The van der Waals surface area contributed by atoms with E-state index in [0.29, 0.717) is 19.7 Å². The van der Waals surface area contributed by atoms with Crippen molar-refractivity contribution in [3.63, 3.8) is 0 Å². The molecule has 200 valence electrons. The lowest BCUT2D eigenvalue weighted by molar-refractivity contribution is -0.154. The van der Waals surface area contributed by atoms with Crippen molar-refractivity contribution in [3.8, 4) is 0 Å². The molecule has 1 amide bonds. The van der Waals surface area contributed by atoms with Gasteiger partial charge in [0.05, 0.1) is 13.3 Å². The van der Waals surface area contributed by atoms with Gasteiger partial charge in [-0.2, -0.15) is 0 Å². The zero-order valence-electron chi connectivity index (χ0n) is 22.6. The van der Waals surface area contributed by atoms with E-state index in [-0.39, 0.29) is 11.9 Å². The van der Waals surface area contributed by atoms with E-state index < -0.39 is 11.6 Å². The zero-order chi connectivity index (χ0) is 26.5. The van der Waals surface area contributed by atoms with Gasteiger partial charge in [0.25, 0.3) is 5.91 Å². The van der Waals surface area contributed by atoms with Gasteiger partial charge in [-0.25, -0.2) is 4.79 Å². The predicted octanol–water partition coefficient (Wildman–Crippen LogP) is 5.60. The Hall–Kier alpha value is -3.38. The Morgan fingerprint density at radius 2 is 1.66 bits per heavy atom. The standard InChI is InChI=1S/C32H39N3O3/c1-3-5-18-29(30(36)38-4-2)34-24-35(27-15-7-6-8-16-27)32(31(34)37)19-21-33(22-20-32)23-26-14-11-13-25-12-9-10-17-28(25)26/h6-17,29H,3-5,18-24H2,1-2H3. The fourth-order valence-corrected chi connectivity index (χ4v) is 6.18. The number of hydrogen-bond acceptors (Lipinski definition) is 5. The number of anilines is 1. The Labute approximate surface area is 226 Å². The van der Waals surface area contributed by atoms with Gasteiger partial charge in [-0.1, -0.05) is 80.4 Å². The van der Waals surface area contributed by atoms with Gasteiger partial charge < -0.3 is 14.5 Å². The number of carbonyl (C=O) groups excluding carboxylic acids is 2. The van der Waals surface area contributed by atoms with E-state index in [2.05, 4.69) is 71.3 Å². The second-order valence-electron chi connectivity index (χ2n) is 10.5. The minimum Gasteiger partial charge on any atom is -0.464 e. The van der Waals surface area contributed by atoms with Crippen LogP contribution < -0.4 is 4.90 Å². The Balaban J connectivity index is 1.40. The van der Waals surface area contributed by atoms with E-state index in [0.717, 1.165) is 51.0 Å². The van der Waals surface area contributed by atoms with Crippen molar-refractivity contribution in [2.24, 2.45) is 0 Å². The fourth-order valence-electron chi connectivity index (χ4n) is 6.18. The first-order valence-corrected chi connectivity index (χ1v) is 14.1. The maximum Gasteiger partial charge on any atom is 0.328 e. The van der Waals surface area contributed by atoms with Crippen LogP contribution in [-0.4, -0.2) is 59.6 Å². The minimum atomic E-state index is -0.645. The van der Waals surface area contributed by atoms with Gasteiger partial charge in [-0.3, -0.25) is 9.69 Å². The second-order valence-corrected chi connectivity index (χ2v) is 10.5. The molecule has 6 heteroatoms. The SMILES string of the molecule is CCCCC(C(=O)OCC)N1CN(c2ccccc2)C2(CCN(Cc3cccc4ccccc34)CC2)C1=O. The summed E-state index contributed by atoms with van der Waals surface area (Å²) in [5.74, 6) is -0.215. The Bertz CT molecular complexity index is 1250. The lowest BCUT2D eigenvalue weighted by Crippen LogP contribution is -2.57. The summed E-state index contributed by atoms with van der Waals surface area (Å²) in [4.78, 5) is 33.8. The average Bonchev–Trinajstić information content (AvgIpc) is 3.22. The van der Waals surface area contributed by atoms with Crippen LogP contribution in [0.25, 0.3) is 10.8 Å². The van der Waals surface area contributed by atoms with Crippen molar-refractivity contribution in [1.29, 1.82) is 0 Å². The molecule has 0 aliphatic carbocycles. The highest BCUT2D eigenvalue weighted by Gasteiger charge is 2.56. The fraction of sp³-hybridized carbons (Fsp3) is 0.438. The summed E-state index contributed by atoms with van der Waals surface area (Å²) in [6, 6.07) is 24.7. The van der Waals surface area contributed by atoms with Crippen LogP contribution in [0.15, 0.2) is 72.8 Å². The molecular formula is C32H39N3O3. The minimum absolute atomic E-state index is 0.0697. The highest BCUT2D eigenvalue weighted by Crippen LogP contribution is 2.41. The van der Waals surface area contributed by atoms with Crippen LogP contribution >= 0.6 is 0 Å². The first-order valence-electron chi connectivity index (χ1n) is 14.1. The quantitative estimate of drug-likeness (QED) is 0.349. The molecule has 1 unspecified atom stereocenters. The molecule has 3 aromatic rings. The Kier molecular flexibility index (Phi) is 7.98. The van der Waals surface area contributed by atoms with Crippen LogP contribution in [0.1, 0.15) is 51.5 Å². The van der Waals surface area contributed by atoms with Crippen LogP contribution in [0, 0.1) is 0 Å². The number of carbonyl (C=O) groups is 2. The molecule has 0 bridgehead atoms. The highest BCUT2D eigenvalue weighted by atomic mass is 16.5. The summed E-state index contributed by atoms with van der Waals surface area (Å²) in [6.07, 6.45) is 3.93. The number of benzene rings is 3. The number of hydrogen-bond donors (Lipinski definition) is 0. The third-order valence-corrected chi connectivity index (χ3v) is 8.26. The topological polar surface area (TPSA) is 53.1 Å². The molecule has 0 N–H and O–H groups in total. The number of ether oxygens (including phenoxy) is 1. The first-order chi connectivity index (χ1) is 18.6. The van der Waals surface area contributed by atoms with Crippen LogP contribution in [0.3, 0.4) is 0 Å². The van der Waals surface area contributed by atoms with E-state index in [1.165, 1.54) is 16.3 Å². The molecule has 5 rings (SSSR count). The van der Waals surface area contributed by atoms with Gasteiger partial charge in [0.2, 0.25) is 0 Å². The van der Waals surface area contributed by atoms with Gasteiger partial charge >= 0.3 is 5.97 Å². The van der Waals surface area contributed by atoms with Crippen molar-refractivity contribution in [2.45, 2.75) is 64.1 Å². The molecule has 1 spiro atoms. The summed E-state index contributed by atoms with van der Waals surface area (Å²) in [7, 11) is 0. The molecule has 0 aromatic heterocycles. The summed E-state index contributed by atoms with van der Waals surface area (Å²) >= 11 is 0. The van der Waals surface area contributed by atoms with E-state index in [9.17, 15) is 9.59 Å². The van der Waals surface area contributed by atoms with Gasteiger partial charge in [-0.05, 0) is 54.7 Å². The maximum atomic E-state index is 14.3. The van der Waals surface area contributed by atoms with Crippen LogP contribution in [0.4, 0.5) is 5.69 Å². The molecule has 0 radical (unpaired) electrons. The van der Waals surface area contributed by atoms with Crippen molar-refractivity contribution < 1.29 is 14.3 Å². The third kappa shape index (κ3) is 5.02. The molecule has 2 aliphatic heterocycles. The van der Waals surface area contributed by atoms with E-state index in [1.54, 1.807) is 4.90 Å². The molecule has 38 heavy (non-hydrogen) atoms. The molecule has 6 nitrogen and oxygen atoms in total. The van der Waals surface area contributed by atoms with Crippen molar-refractivity contribution in [2.75, 3.05) is 31.3 Å². The summed E-state index contributed by atoms with van der Waals surface area (Å²) < 4.78 is 5.44. The number of fused-ring (bicyclic) bond motifs is 1. The molecule has 2 heterocycles. The van der Waals surface area contributed by atoms with Gasteiger partial charge in [0.1, 0.15) is 11.6 Å². The number of nitrogens with zero attached hydrogens (tertiary/aromatic N) is 3. The summed E-state index contributed by atoms with van der Waals surface area (Å²) in [5.41, 5.74) is 1.71. The Morgan fingerprint density at radius 1 is 0.947 bits per heavy atom. The van der Waals surface area contributed by atoms with E-state index in [4.69, 9.17) is 4.74 Å². The number of para-hydroxylation sites is 1. The van der Waals surface area contributed by atoms with Gasteiger partial charge in [0.15, 0.2) is 0 Å². The lowest BCUT2D eigenvalue weighted by Gasteiger charge is -2.43. The largest absolute Gasteiger partial charge is 0.464 e. The van der Waals surface area contributed by atoms with Crippen LogP contribution in [0.5, 0.6) is 0 Å². The number of piperidine rings is 1. The van der Waals surface area contributed by atoms with Crippen molar-refractivity contribution >= 4 is 28.3 Å². The maximum absolute atomic E-state index is 14.3. The second kappa shape index (κ2) is 11.6. The lowest BCUT2D eigenvalue weighted by atomic mass is 9.85. The number of rotatable bonds is 9. The third-order valence-electron chi connectivity index (χ3n) is 8.26. The number of unbranched alkanes of at least 4 members (excludes halogenated alkanes) is 1. The van der Waals surface area contributed by atoms with Gasteiger partial charge in [0, 0.05) is 25.3 Å². The normalized spacial score (nSPS) is 18.3. The molecule has 1 atom stereocenters. The average molecular weight is 514 g/mol. The van der Waals surface area contributed by atoms with Crippen molar-refractivity contribution in [3.05, 3.63) is 78.4 Å². The molecule has 3 aromatic carbocycles. The first kappa shape index (κ1) is 26.2. The molecule has 0 saturated carbocycles. The van der Waals surface area contributed by atoms with Crippen LogP contribution in [-0.2, 0) is 20.9 Å². The highest BCUT2D eigenvalue weighted by molar-refractivity contribution is 5.96. The number of likely N-dealkylation sites (tertiary alicyclic amines) is 1.